The number of carbonyl (C=O) groups excluding carboxylic acids is 1. The summed E-state index contributed by atoms with van der Waals surface area (Å²) in [4.78, 5) is 12.5. The number of para-hydroxylation sites is 1. The van der Waals surface area contributed by atoms with Gasteiger partial charge in [0.15, 0.2) is 0 Å². The van der Waals surface area contributed by atoms with Gasteiger partial charge < -0.3 is 14.8 Å². The predicted octanol–water partition coefficient (Wildman–Crippen LogP) is 5.20. The van der Waals surface area contributed by atoms with E-state index < -0.39 is 0 Å². The average Bonchev–Trinajstić information content (AvgIpc) is 2.81. The van der Waals surface area contributed by atoms with Crippen molar-refractivity contribution in [2.24, 2.45) is 0 Å². The Kier molecular flexibility index (Phi) is 5.66. The number of anilines is 1. The van der Waals surface area contributed by atoms with Crippen molar-refractivity contribution in [3.05, 3.63) is 96.6 Å². The minimum atomic E-state index is -0.185. The molecule has 0 saturated carbocycles. The van der Waals surface area contributed by atoms with Gasteiger partial charge in [-0.1, -0.05) is 30.3 Å². The second-order valence-corrected chi connectivity index (χ2v) is 6.44. The van der Waals surface area contributed by atoms with E-state index in [4.69, 9.17) is 9.47 Å². The van der Waals surface area contributed by atoms with Gasteiger partial charge in [-0.05, 0) is 54.6 Å². The highest BCUT2D eigenvalue weighted by molar-refractivity contribution is 6.04. The van der Waals surface area contributed by atoms with Crippen LogP contribution in [-0.4, -0.2) is 23.2 Å². The molecule has 0 unspecified atom stereocenters. The van der Waals surface area contributed by atoms with Gasteiger partial charge in [0, 0.05) is 22.9 Å². The van der Waals surface area contributed by atoms with Gasteiger partial charge >= 0.3 is 0 Å². The average molecular weight is 397 g/mol. The Labute approximate surface area is 174 Å². The lowest BCUT2D eigenvalue weighted by Gasteiger charge is -2.08. The predicted molar refractivity (Wildman–Crippen MR) is 115 cm³/mol. The van der Waals surface area contributed by atoms with Crippen molar-refractivity contribution >= 4 is 11.6 Å². The number of methoxy groups -OCH3 is 1. The summed E-state index contributed by atoms with van der Waals surface area (Å²) >= 11 is 0. The van der Waals surface area contributed by atoms with Crippen molar-refractivity contribution in [3.63, 3.8) is 0 Å². The highest BCUT2D eigenvalue weighted by Crippen LogP contribution is 2.24. The van der Waals surface area contributed by atoms with Crippen LogP contribution in [-0.2, 0) is 0 Å². The lowest BCUT2D eigenvalue weighted by Crippen LogP contribution is -2.11. The molecule has 1 aromatic heterocycles. The molecule has 3 aromatic carbocycles. The van der Waals surface area contributed by atoms with E-state index in [-0.39, 0.29) is 5.91 Å². The third kappa shape index (κ3) is 4.62. The van der Waals surface area contributed by atoms with E-state index in [1.54, 1.807) is 43.5 Å². The number of hydrogen-bond donors (Lipinski definition) is 1. The molecule has 0 fully saturated rings. The Morgan fingerprint density at radius 2 is 1.57 bits per heavy atom. The molecule has 1 heterocycles. The second kappa shape index (κ2) is 8.87. The van der Waals surface area contributed by atoms with E-state index in [1.165, 1.54) is 0 Å². The van der Waals surface area contributed by atoms with Gasteiger partial charge in [-0.2, -0.15) is 0 Å². The molecule has 0 aliphatic heterocycles. The Bertz CT molecular complexity index is 1130. The zero-order valence-electron chi connectivity index (χ0n) is 16.3. The molecular formula is C24H19N3O3. The first-order valence-electron chi connectivity index (χ1n) is 9.34. The number of nitrogens with one attached hydrogen (secondary N) is 1. The lowest BCUT2D eigenvalue weighted by atomic mass is 10.1. The number of aromatic nitrogens is 2. The minimum absolute atomic E-state index is 0.185. The first-order valence-corrected chi connectivity index (χ1v) is 9.34. The van der Waals surface area contributed by atoms with Crippen molar-refractivity contribution in [2.45, 2.75) is 0 Å². The van der Waals surface area contributed by atoms with E-state index in [2.05, 4.69) is 15.5 Å². The highest BCUT2D eigenvalue weighted by Gasteiger charge is 2.09. The van der Waals surface area contributed by atoms with Crippen LogP contribution in [0, 0.1) is 0 Å². The summed E-state index contributed by atoms with van der Waals surface area (Å²) in [5, 5.41) is 11.2. The number of rotatable bonds is 6. The van der Waals surface area contributed by atoms with E-state index in [1.807, 2.05) is 54.6 Å². The van der Waals surface area contributed by atoms with E-state index in [0.29, 0.717) is 22.9 Å². The molecule has 0 aliphatic carbocycles. The lowest BCUT2D eigenvalue weighted by molar-refractivity contribution is 0.102. The van der Waals surface area contributed by atoms with Crippen LogP contribution in [0.5, 0.6) is 17.4 Å². The summed E-state index contributed by atoms with van der Waals surface area (Å²) in [6.45, 7) is 0. The maximum absolute atomic E-state index is 12.5. The van der Waals surface area contributed by atoms with Crippen LogP contribution < -0.4 is 14.8 Å². The van der Waals surface area contributed by atoms with Crippen molar-refractivity contribution in [2.75, 3.05) is 12.4 Å². The van der Waals surface area contributed by atoms with Gasteiger partial charge in [0.1, 0.15) is 11.5 Å². The van der Waals surface area contributed by atoms with Crippen molar-refractivity contribution < 1.29 is 14.3 Å². The summed E-state index contributed by atoms with van der Waals surface area (Å²) < 4.78 is 10.8. The summed E-state index contributed by atoms with van der Waals surface area (Å²) in [7, 11) is 1.61. The van der Waals surface area contributed by atoms with E-state index >= 15 is 0 Å². The second-order valence-electron chi connectivity index (χ2n) is 6.44. The van der Waals surface area contributed by atoms with Crippen molar-refractivity contribution in [3.8, 4) is 28.6 Å². The van der Waals surface area contributed by atoms with Crippen molar-refractivity contribution in [1.82, 2.24) is 10.2 Å². The zero-order valence-corrected chi connectivity index (χ0v) is 16.3. The van der Waals surface area contributed by atoms with Gasteiger partial charge in [0.05, 0.1) is 12.8 Å². The molecular weight excluding hydrogens is 378 g/mol. The molecule has 30 heavy (non-hydrogen) atoms. The molecule has 0 saturated heterocycles. The number of nitrogens with zero attached hydrogens (tertiary/aromatic N) is 2. The number of hydrogen-bond acceptors (Lipinski definition) is 5. The number of carbonyl (C=O) groups is 1. The van der Waals surface area contributed by atoms with Crippen LogP contribution >= 0.6 is 0 Å². The molecule has 0 radical (unpaired) electrons. The molecule has 0 atom stereocenters. The molecule has 0 bridgehead atoms. The fourth-order valence-corrected chi connectivity index (χ4v) is 2.84. The van der Waals surface area contributed by atoms with Gasteiger partial charge in [0.25, 0.3) is 5.91 Å². The Hall–Kier alpha value is -4.19. The molecule has 4 rings (SSSR count). The van der Waals surface area contributed by atoms with Crippen LogP contribution in [0.4, 0.5) is 5.69 Å². The van der Waals surface area contributed by atoms with E-state index in [0.717, 1.165) is 17.0 Å². The van der Waals surface area contributed by atoms with Crippen LogP contribution in [0.2, 0.25) is 0 Å². The van der Waals surface area contributed by atoms with Crippen LogP contribution in [0.25, 0.3) is 11.3 Å². The molecule has 1 N–H and O–H groups in total. The highest BCUT2D eigenvalue weighted by atomic mass is 16.5. The summed E-state index contributed by atoms with van der Waals surface area (Å²) in [6.07, 6.45) is 0. The number of ether oxygens (including phenoxy) is 2. The molecule has 4 aromatic rings. The normalized spacial score (nSPS) is 10.3. The first-order chi connectivity index (χ1) is 14.7. The van der Waals surface area contributed by atoms with Gasteiger partial charge in [-0.25, -0.2) is 0 Å². The molecule has 6 nitrogen and oxygen atoms in total. The molecule has 6 heteroatoms. The number of benzene rings is 3. The largest absolute Gasteiger partial charge is 0.497 e. The maximum Gasteiger partial charge on any atom is 0.255 e. The minimum Gasteiger partial charge on any atom is -0.497 e. The smallest absolute Gasteiger partial charge is 0.255 e. The summed E-state index contributed by atoms with van der Waals surface area (Å²) in [6, 6.07) is 27.3. The summed E-state index contributed by atoms with van der Waals surface area (Å²) in [5.74, 6) is 1.58. The van der Waals surface area contributed by atoms with Crippen LogP contribution in [0.3, 0.4) is 0 Å². The molecule has 0 spiro atoms. The molecule has 148 valence electrons. The fourth-order valence-electron chi connectivity index (χ4n) is 2.84. The third-order valence-corrected chi connectivity index (χ3v) is 4.37. The SMILES string of the molecule is COc1ccc(Oc2ccc(-c3cccc(C(=O)Nc4ccccc4)c3)nn2)cc1. The molecule has 1 amide bonds. The quantitative estimate of drug-likeness (QED) is 0.484. The Morgan fingerprint density at radius 3 is 2.27 bits per heavy atom. The standard InChI is InChI=1S/C24H19N3O3/c1-29-20-10-12-21(13-11-20)30-23-15-14-22(26-27-23)17-6-5-7-18(16-17)24(28)25-19-8-3-2-4-9-19/h2-16H,1H3,(H,25,28). The van der Waals surface area contributed by atoms with Gasteiger partial charge in [-0.3, -0.25) is 4.79 Å². The van der Waals surface area contributed by atoms with Crippen LogP contribution in [0.15, 0.2) is 91.0 Å². The zero-order chi connectivity index (χ0) is 20.8. The molecule has 0 aliphatic rings. The summed E-state index contributed by atoms with van der Waals surface area (Å²) in [5.41, 5.74) is 2.72. The fraction of sp³-hybridized carbons (Fsp3) is 0.0417. The van der Waals surface area contributed by atoms with Crippen LogP contribution in [0.1, 0.15) is 10.4 Å². The van der Waals surface area contributed by atoms with Gasteiger partial charge in [-0.15, -0.1) is 10.2 Å². The van der Waals surface area contributed by atoms with Gasteiger partial charge in [0.2, 0.25) is 5.88 Å². The Morgan fingerprint density at radius 1 is 0.800 bits per heavy atom. The number of amides is 1. The third-order valence-electron chi connectivity index (χ3n) is 4.37. The first kappa shape index (κ1) is 19.1. The van der Waals surface area contributed by atoms with Crippen molar-refractivity contribution in [1.29, 1.82) is 0 Å². The monoisotopic (exact) mass is 397 g/mol. The Balaban J connectivity index is 1.47. The maximum atomic E-state index is 12.5. The topological polar surface area (TPSA) is 73.3 Å². The van der Waals surface area contributed by atoms with E-state index in [9.17, 15) is 4.79 Å².